The third-order valence-electron chi connectivity index (χ3n) is 5.50. The number of nitrogen functional groups attached to an aromatic ring is 1. The molecule has 33 heavy (non-hydrogen) atoms. The van der Waals surface area contributed by atoms with Gasteiger partial charge in [-0.2, -0.15) is 0 Å². The summed E-state index contributed by atoms with van der Waals surface area (Å²) in [5, 5.41) is 0.696. The number of oxazole rings is 1. The number of rotatable bonds is 5. The third-order valence-corrected chi connectivity index (χ3v) is 6.00. The molecule has 2 N–H and O–H groups in total. The molecule has 0 aliphatic carbocycles. The summed E-state index contributed by atoms with van der Waals surface area (Å²) in [5.74, 6) is -0.000692. The van der Waals surface area contributed by atoms with Crippen LogP contribution in [0.5, 0.6) is 0 Å². The van der Waals surface area contributed by atoms with Crippen molar-refractivity contribution in [2.75, 3.05) is 26.4 Å². The summed E-state index contributed by atoms with van der Waals surface area (Å²) in [5.41, 5.74) is 11.3. The molecule has 5 aromatic rings. The summed E-state index contributed by atoms with van der Waals surface area (Å²) in [6, 6.07) is 15.6. The Morgan fingerprint density at radius 2 is 1.94 bits per heavy atom. The summed E-state index contributed by atoms with van der Waals surface area (Å²) in [6.07, 6.45) is 1.41. The molecular formula is C24H21BrN6O2. The molecule has 0 saturated carbocycles. The Balaban J connectivity index is 1.68. The van der Waals surface area contributed by atoms with Gasteiger partial charge in [0.2, 0.25) is 0 Å². The van der Waals surface area contributed by atoms with E-state index in [4.69, 9.17) is 15.1 Å². The summed E-state index contributed by atoms with van der Waals surface area (Å²) in [4.78, 5) is 27.7. The highest BCUT2D eigenvalue weighted by Gasteiger charge is 2.16. The van der Waals surface area contributed by atoms with Crippen molar-refractivity contribution in [3.63, 3.8) is 0 Å². The standard InChI is InChI=1S/C24H21BrN6O2/c1-30(2)8-9-31-19-7-6-15(11-20(19)33-24(31)32)18-12-17(14-4-3-5-16(25)10-14)21-22(26)27-13-28-23(21)29-18/h3-7,10-13H,8-9H2,1-2H3,(H2,26,27,28,29). The minimum Gasteiger partial charge on any atom is -0.408 e. The number of nitrogens with two attached hydrogens (primary N) is 1. The predicted octanol–water partition coefficient (Wildman–Crippen LogP) is 4.17. The molecule has 0 amide bonds. The molecule has 9 heteroatoms. The van der Waals surface area contributed by atoms with Crippen molar-refractivity contribution in [2.45, 2.75) is 6.54 Å². The van der Waals surface area contributed by atoms with E-state index in [2.05, 4.69) is 25.9 Å². The van der Waals surface area contributed by atoms with Gasteiger partial charge in [0.25, 0.3) is 0 Å². The van der Waals surface area contributed by atoms with Crippen molar-refractivity contribution < 1.29 is 4.42 Å². The maximum atomic E-state index is 12.4. The minimum absolute atomic E-state index is 0.369. The Labute approximate surface area is 197 Å². The van der Waals surface area contributed by atoms with Crippen LogP contribution in [0.4, 0.5) is 5.82 Å². The van der Waals surface area contributed by atoms with Gasteiger partial charge in [-0.05, 0) is 55.6 Å². The minimum atomic E-state index is -0.370. The lowest BCUT2D eigenvalue weighted by Crippen LogP contribution is -2.23. The monoisotopic (exact) mass is 504 g/mol. The molecule has 2 aromatic carbocycles. The van der Waals surface area contributed by atoms with E-state index in [0.29, 0.717) is 34.7 Å². The van der Waals surface area contributed by atoms with Gasteiger partial charge in [-0.15, -0.1) is 0 Å². The van der Waals surface area contributed by atoms with Gasteiger partial charge in [0.15, 0.2) is 11.2 Å². The molecule has 3 heterocycles. The maximum absolute atomic E-state index is 12.4. The van der Waals surface area contributed by atoms with Crippen LogP contribution in [0.1, 0.15) is 0 Å². The highest BCUT2D eigenvalue weighted by Crippen LogP contribution is 2.35. The smallest absolute Gasteiger partial charge is 0.408 e. The van der Waals surface area contributed by atoms with Crippen molar-refractivity contribution in [1.29, 1.82) is 0 Å². The van der Waals surface area contributed by atoms with Gasteiger partial charge in [0, 0.05) is 23.1 Å². The van der Waals surface area contributed by atoms with Crippen LogP contribution in [0, 0.1) is 0 Å². The van der Waals surface area contributed by atoms with Gasteiger partial charge in [-0.3, -0.25) is 4.57 Å². The van der Waals surface area contributed by atoms with Crippen molar-refractivity contribution >= 4 is 43.9 Å². The van der Waals surface area contributed by atoms with Crippen LogP contribution >= 0.6 is 15.9 Å². The molecule has 0 spiro atoms. The van der Waals surface area contributed by atoms with Gasteiger partial charge in [-0.25, -0.2) is 19.7 Å². The Hall–Kier alpha value is -3.56. The first-order valence-electron chi connectivity index (χ1n) is 10.4. The van der Waals surface area contributed by atoms with Crippen LogP contribution < -0.4 is 11.5 Å². The zero-order valence-electron chi connectivity index (χ0n) is 18.1. The molecular weight excluding hydrogens is 484 g/mol. The van der Waals surface area contributed by atoms with Crippen LogP contribution in [0.3, 0.4) is 0 Å². The highest BCUT2D eigenvalue weighted by atomic mass is 79.9. The van der Waals surface area contributed by atoms with Crippen LogP contribution in [0.2, 0.25) is 0 Å². The van der Waals surface area contributed by atoms with Gasteiger partial charge < -0.3 is 15.1 Å². The second kappa shape index (κ2) is 8.42. The first-order valence-corrected chi connectivity index (χ1v) is 11.2. The van der Waals surface area contributed by atoms with E-state index >= 15 is 0 Å². The zero-order chi connectivity index (χ0) is 23.1. The quantitative estimate of drug-likeness (QED) is 0.383. The third kappa shape index (κ3) is 4.01. The Kier molecular flexibility index (Phi) is 5.43. The van der Waals surface area contributed by atoms with E-state index in [1.165, 1.54) is 6.33 Å². The molecule has 0 saturated heterocycles. The number of likely N-dealkylation sites (N-methyl/N-ethyl adjacent to an activating group) is 1. The number of hydrogen-bond acceptors (Lipinski definition) is 7. The molecule has 5 rings (SSSR count). The van der Waals surface area contributed by atoms with Crippen LogP contribution in [0.15, 0.2) is 68.5 Å². The van der Waals surface area contributed by atoms with E-state index in [1.54, 1.807) is 4.57 Å². The van der Waals surface area contributed by atoms with E-state index in [1.807, 2.05) is 67.5 Å². The van der Waals surface area contributed by atoms with Crippen LogP contribution in [-0.4, -0.2) is 45.1 Å². The summed E-state index contributed by atoms with van der Waals surface area (Å²) >= 11 is 3.54. The average Bonchev–Trinajstić information content (AvgIpc) is 3.11. The molecule has 0 fully saturated rings. The van der Waals surface area contributed by atoms with Crippen molar-refractivity contribution in [3.05, 3.63) is 69.9 Å². The Morgan fingerprint density at radius 1 is 1.09 bits per heavy atom. The molecule has 0 aliphatic rings. The fraction of sp³-hybridized carbons (Fsp3) is 0.167. The van der Waals surface area contributed by atoms with Crippen molar-refractivity contribution in [3.8, 4) is 22.4 Å². The largest absolute Gasteiger partial charge is 0.419 e. The first kappa shape index (κ1) is 21.3. The van der Waals surface area contributed by atoms with E-state index in [9.17, 15) is 4.79 Å². The van der Waals surface area contributed by atoms with Gasteiger partial charge in [-0.1, -0.05) is 34.1 Å². The molecule has 0 radical (unpaired) electrons. The van der Waals surface area contributed by atoms with E-state index < -0.39 is 0 Å². The number of pyridine rings is 1. The number of aromatic nitrogens is 4. The van der Waals surface area contributed by atoms with Crippen molar-refractivity contribution in [2.24, 2.45) is 0 Å². The number of anilines is 1. The normalized spacial score (nSPS) is 11.6. The number of hydrogen-bond donors (Lipinski definition) is 1. The van der Waals surface area contributed by atoms with Crippen molar-refractivity contribution in [1.82, 2.24) is 24.4 Å². The molecule has 0 aliphatic heterocycles. The predicted molar refractivity (Wildman–Crippen MR) is 133 cm³/mol. The molecule has 0 bridgehead atoms. The summed E-state index contributed by atoms with van der Waals surface area (Å²) < 4.78 is 8.13. The SMILES string of the molecule is CN(C)CCn1c(=O)oc2cc(-c3cc(-c4cccc(Br)c4)c4c(N)ncnc4n3)ccc21. The summed E-state index contributed by atoms with van der Waals surface area (Å²) in [6.45, 7) is 1.29. The lowest BCUT2D eigenvalue weighted by molar-refractivity contribution is 0.374. The van der Waals surface area contributed by atoms with Crippen LogP contribution in [0.25, 0.3) is 44.5 Å². The second-order valence-electron chi connectivity index (χ2n) is 8.03. The van der Waals surface area contributed by atoms with E-state index in [0.717, 1.165) is 33.2 Å². The molecule has 8 nitrogen and oxygen atoms in total. The molecule has 0 unspecified atom stereocenters. The number of nitrogens with zero attached hydrogens (tertiary/aromatic N) is 5. The average molecular weight is 505 g/mol. The van der Waals surface area contributed by atoms with Crippen LogP contribution in [-0.2, 0) is 6.54 Å². The summed E-state index contributed by atoms with van der Waals surface area (Å²) in [7, 11) is 3.94. The molecule has 166 valence electrons. The van der Waals surface area contributed by atoms with E-state index in [-0.39, 0.29) is 5.76 Å². The second-order valence-corrected chi connectivity index (χ2v) is 8.94. The number of fused-ring (bicyclic) bond motifs is 2. The Morgan fingerprint density at radius 3 is 2.73 bits per heavy atom. The Bertz CT molecular complexity index is 1560. The first-order chi connectivity index (χ1) is 15.9. The number of halogens is 1. The lowest BCUT2D eigenvalue weighted by Gasteiger charge is -2.11. The fourth-order valence-corrected chi connectivity index (χ4v) is 4.26. The fourth-order valence-electron chi connectivity index (χ4n) is 3.86. The zero-order valence-corrected chi connectivity index (χ0v) is 19.7. The molecule has 3 aromatic heterocycles. The maximum Gasteiger partial charge on any atom is 0.419 e. The highest BCUT2D eigenvalue weighted by molar-refractivity contribution is 9.10. The topological polar surface area (TPSA) is 103 Å². The van der Waals surface area contributed by atoms with Gasteiger partial charge in [0.1, 0.15) is 12.1 Å². The number of benzene rings is 2. The molecule has 0 atom stereocenters. The van der Waals surface area contributed by atoms with Gasteiger partial charge >= 0.3 is 5.76 Å². The lowest BCUT2D eigenvalue weighted by atomic mass is 10.00. The van der Waals surface area contributed by atoms with Gasteiger partial charge in [0.05, 0.1) is 16.6 Å².